The molecule has 1 saturated heterocycles. The van der Waals surface area contributed by atoms with Crippen LogP contribution >= 0.6 is 0 Å². The summed E-state index contributed by atoms with van der Waals surface area (Å²) in [5.41, 5.74) is 0. The number of aliphatic carboxylic acids is 1. The summed E-state index contributed by atoms with van der Waals surface area (Å²) in [7, 11) is 0. The van der Waals surface area contributed by atoms with Crippen molar-refractivity contribution in [3.8, 4) is 0 Å². The quantitative estimate of drug-likeness (QED) is 0.438. The lowest BCUT2D eigenvalue weighted by molar-refractivity contribution is -0.147. The zero-order chi connectivity index (χ0) is 15.0. The average Bonchev–Trinajstić information content (AvgIpc) is 2.94. The Morgan fingerprint density at radius 3 is 2.80 bits per heavy atom. The summed E-state index contributed by atoms with van der Waals surface area (Å²) in [4.78, 5) is 34.3. The Morgan fingerprint density at radius 1 is 1.50 bits per heavy atom. The Kier molecular flexibility index (Phi) is 6.72. The van der Waals surface area contributed by atoms with Crippen LogP contribution in [0.25, 0.3) is 0 Å². The molecule has 1 aliphatic heterocycles. The zero-order valence-electron chi connectivity index (χ0n) is 11.3. The molecule has 0 bridgehead atoms. The van der Waals surface area contributed by atoms with Crippen LogP contribution in [0.3, 0.4) is 0 Å². The molecule has 0 saturated carbocycles. The van der Waals surface area contributed by atoms with Crippen LogP contribution in [0, 0.1) is 5.92 Å². The Labute approximate surface area is 117 Å². The molecule has 0 aromatic carbocycles. The number of alkyl carbamates (subject to hydrolysis) is 1. The second-order valence-corrected chi connectivity index (χ2v) is 4.54. The average molecular weight is 284 g/mol. The van der Waals surface area contributed by atoms with Gasteiger partial charge in [-0.2, -0.15) is 0 Å². The molecule has 2 unspecified atom stereocenters. The van der Waals surface area contributed by atoms with Crippen molar-refractivity contribution in [1.29, 1.82) is 0 Å². The van der Waals surface area contributed by atoms with Gasteiger partial charge in [-0.05, 0) is 25.8 Å². The molecule has 1 heterocycles. The molecule has 0 radical (unpaired) electrons. The summed E-state index contributed by atoms with van der Waals surface area (Å²) in [6.07, 6.45) is 2.36. The van der Waals surface area contributed by atoms with Crippen molar-refractivity contribution in [2.45, 2.75) is 25.3 Å². The minimum atomic E-state index is -1.16. The van der Waals surface area contributed by atoms with E-state index < -0.39 is 18.0 Å². The number of ether oxygens (including phenoxy) is 1. The maximum absolute atomic E-state index is 12.0. The first-order valence-corrected chi connectivity index (χ1v) is 6.57. The number of carbonyl (C=O) groups is 3. The normalized spacial score (nSPS) is 19.1. The van der Waals surface area contributed by atoms with Gasteiger partial charge >= 0.3 is 12.1 Å². The monoisotopic (exact) mass is 284 g/mol. The largest absolute Gasteiger partial charge is 0.481 e. The molecule has 0 aliphatic carbocycles. The summed E-state index contributed by atoms with van der Waals surface area (Å²) < 4.78 is 4.68. The van der Waals surface area contributed by atoms with Gasteiger partial charge in [-0.25, -0.2) is 4.79 Å². The van der Waals surface area contributed by atoms with Crippen LogP contribution in [0.2, 0.25) is 0 Å². The van der Waals surface area contributed by atoms with Crippen molar-refractivity contribution in [3.05, 3.63) is 12.7 Å². The van der Waals surface area contributed by atoms with E-state index >= 15 is 0 Å². The molecular weight excluding hydrogens is 264 g/mol. The molecule has 7 nitrogen and oxygen atoms in total. The number of Topliss-reactive ketones (excluding diaryl/α,β-unsaturated/α-hetero) is 1. The van der Waals surface area contributed by atoms with Crippen molar-refractivity contribution < 1.29 is 24.2 Å². The first-order valence-electron chi connectivity index (χ1n) is 6.57. The number of hydrogen-bond donors (Lipinski definition) is 3. The number of carboxylic acid groups (broad SMARTS) is 1. The standard InChI is InChI=1S/C13H20N2O5/c1-2-8-20-13(19)15-7-5-9(12(17)18)11(16)10-4-3-6-14-10/h2,9-10,14H,1,3-8H2,(H,15,19)(H,17,18). The van der Waals surface area contributed by atoms with Crippen molar-refractivity contribution in [2.75, 3.05) is 19.7 Å². The van der Waals surface area contributed by atoms with E-state index in [0.717, 1.165) is 13.0 Å². The second-order valence-electron chi connectivity index (χ2n) is 4.54. The number of carboxylic acids is 1. The number of hydrogen-bond acceptors (Lipinski definition) is 5. The lowest BCUT2D eigenvalue weighted by Gasteiger charge is -2.16. The highest BCUT2D eigenvalue weighted by Crippen LogP contribution is 2.14. The topological polar surface area (TPSA) is 105 Å². The number of rotatable bonds is 8. The van der Waals surface area contributed by atoms with Crippen LogP contribution in [-0.4, -0.2) is 48.7 Å². The predicted molar refractivity (Wildman–Crippen MR) is 71.3 cm³/mol. The van der Waals surface area contributed by atoms with E-state index in [0.29, 0.717) is 6.42 Å². The summed E-state index contributed by atoms with van der Waals surface area (Å²) >= 11 is 0. The molecule has 1 rings (SSSR count). The molecule has 112 valence electrons. The summed E-state index contributed by atoms with van der Waals surface area (Å²) in [6.45, 7) is 4.29. The Morgan fingerprint density at radius 2 is 2.25 bits per heavy atom. The number of amides is 1. The van der Waals surface area contributed by atoms with Crippen LogP contribution in [0.4, 0.5) is 4.79 Å². The van der Waals surface area contributed by atoms with E-state index in [2.05, 4.69) is 21.9 Å². The van der Waals surface area contributed by atoms with Crippen LogP contribution in [0.1, 0.15) is 19.3 Å². The number of carbonyl (C=O) groups excluding carboxylic acids is 2. The third kappa shape index (κ3) is 5.00. The molecule has 20 heavy (non-hydrogen) atoms. The van der Waals surface area contributed by atoms with Gasteiger partial charge in [0.15, 0.2) is 5.78 Å². The highest BCUT2D eigenvalue weighted by Gasteiger charge is 2.33. The number of ketones is 1. The fraction of sp³-hybridized carbons (Fsp3) is 0.615. The van der Waals surface area contributed by atoms with Crippen LogP contribution in [-0.2, 0) is 14.3 Å². The first-order chi connectivity index (χ1) is 9.56. The van der Waals surface area contributed by atoms with E-state index in [1.54, 1.807) is 0 Å². The molecule has 1 amide bonds. The van der Waals surface area contributed by atoms with Gasteiger partial charge in [-0.3, -0.25) is 9.59 Å². The van der Waals surface area contributed by atoms with Gasteiger partial charge in [0.2, 0.25) is 0 Å². The summed E-state index contributed by atoms with van der Waals surface area (Å²) in [5, 5.41) is 14.5. The molecule has 0 aromatic heterocycles. The first kappa shape index (κ1) is 16.2. The molecule has 2 atom stereocenters. The highest BCUT2D eigenvalue weighted by molar-refractivity contribution is 6.01. The van der Waals surface area contributed by atoms with Crippen LogP contribution < -0.4 is 10.6 Å². The third-order valence-corrected chi connectivity index (χ3v) is 3.08. The molecule has 1 aliphatic rings. The van der Waals surface area contributed by atoms with Gasteiger partial charge in [0.1, 0.15) is 12.5 Å². The van der Waals surface area contributed by atoms with Crippen LogP contribution in [0.5, 0.6) is 0 Å². The Hall–Kier alpha value is -1.89. The van der Waals surface area contributed by atoms with Crippen molar-refractivity contribution in [3.63, 3.8) is 0 Å². The van der Waals surface area contributed by atoms with Crippen molar-refractivity contribution >= 4 is 17.8 Å². The summed E-state index contributed by atoms with van der Waals surface area (Å²) in [5.74, 6) is -2.59. The van der Waals surface area contributed by atoms with E-state index in [1.807, 2.05) is 0 Å². The van der Waals surface area contributed by atoms with Gasteiger partial charge in [-0.1, -0.05) is 12.7 Å². The third-order valence-electron chi connectivity index (χ3n) is 3.08. The van der Waals surface area contributed by atoms with Crippen molar-refractivity contribution in [1.82, 2.24) is 10.6 Å². The molecular formula is C13H20N2O5. The molecule has 3 N–H and O–H groups in total. The summed E-state index contributed by atoms with van der Waals surface area (Å²) in [6, 6.07) is -0.385. The van der Waals surface area contributed by atoms with Gasteiger partial charge in [0.05, 0.1) is 6.04 Å². The van der Waals surface area contributed by atoms with Crippen LogP contribution in [0.15, 0.2) is 12.7 Å². The molecule has 0 spiro atoms. The predicted octanol–water partition coefficient (Wildman–Crippen LogP) is 0.311. The highest BCUT2D eigenvalue weighted by atomic mass is 16.5. The Bertz CT molecular complexity index is 377. The van der Waals surface area contributed by atoms with E-state index in [4.69, 9.17) is 5.11 Å². The maximum atomic E-state index is 12.0. The van der Waals surface area contributed by atoms with E-state index in [9.17, 15) is 14.4 Å². The van der Waals surface area contributed by atoms with Gasteiger partial charge in [0.25, 0.3) is 0 Å². The zero-order valence-corrected chi connectivity index (χ0v) is 11.3. The Balaban J connectivity index is 2.39. The number of nitrogens with one attached hydrogen (secondary N) is 2. The minimum Gasteiger partial charge on any atom is -0.481 e. The molecule has 1 fully saturated rings. The van der Waals surface area contributed by atoms with E-state index in [1.165, 1.54) is 6.08 Å². The maximum Gasteiger partial charge on any atom is 0.407 e. The molecule has 7 heteroatoms. The fourth-order valence-electron chi connectivity index (χ4n) is 2.06. The SMILES string of the molecule is C=CCOC(=O)NCCC(C(=O)O)C(=O)C1CCCN1. The minimum absolute atomic E-state index is 0.0511. The van der Waals surface area contributed by atoms with Gasteiger partial charge < -0.3 is 20.5 Å². The second kappa shape index (κ2) is 8.31. The van der Waals surface area contributed by atoms with E-state index in [-0.39, 0.29) is 31.4 Å². The van der Waals surface area contributed by atoms with Crippen molar-refractivity contribution in [2.24, 2.45) is 5.92 Å². The smallest absolute Gasteiger partial charge is 0.407 e. The lowest BCUT2D eigenvalue weighted by Crippen LogP contribution is -2.40. The van der Waals surface area contributed by atoms with Gasteiger partial charge in [0, 0.05) is 6.54 Å². The lowest BCUT2D eigenvalue weighted by atomic mass is 9.94. The molecule has 0 aromatic rings. The van der Waals surface area contributed by atoms with Gasteiger partial charge in [-0.15, -0.1) is 0 Å². The fourth-order valence-corrected chi connectivity index (χ4v) is 2.06.